The van der Waals surface area contributed by atoms with Gasteiger partial charge in [-0.3, -0.25) is 0 Å². The van der Waals surface area contributed by atoms with Crippen molar-refractivity contribution in [1.29, 1.82) is 0 Å². The van der Waals surface area contributed by atoms with E-state index in [-0.39, 0.29) is 0 Å². The Morgan fingerprint density at radius 3 is 1.26 bits per heavy atom. The Labute approximate surface area is 651 Å². The van der Waals surface area contributed by atoms with E-state index in [0.29, 0.717) is 36.0 Å². The zero-order valence-electron chi connectivity index (χ0n) is 77.0. The summed E-state index contributed by atoms with van der Waals surface area (Å²) in [6.07, 6.45) is 0.941. The molecule has 5 nitrogen and oxygen atoms in total. The topological polar surface area (TPSA) is 20.4 Å². The van der Waals surface area contributed by atoms with Crippen molar-refractivity contribution in [3.63, 3.8) is 0 Å². The van der Waals surface area contributed by atoms with E-state index in [1.165, 1.54) is 132 Å². The van der Waals surface area contributed by atoms with Crippen molar-refractivity contribution in [3.8, 4) is 45.0 Å². The summed E-state index contributed by atoms with van der Waals surface area (Å²) in [7, 11) is 2.51. The number of rotatable bonds is 10. The summed E-state index contributed by atoms with van der Waals surface area (Å²) in [6.45, 7) is 51.0. The molecule has 0 N–H and O–H groups in total. The first kappa shape index (κ1) is 67.9. The fourth-order valence-corrected chi connectivity index (χ4v) is 19.9. The maximum Gasteiger partial charge on any atom is 0.220 e. The van der Waals surface area contributed by atoms with Crippen LogP contribution in [0.3, 0.4) is 0 Å². The van der Waals surface area contributed by atoms with Crippen LogP contribution in [0.2, 0.25) is 78.6 Å². The van der Waals surface area contributed by atoms with Crippen molar-refractivity contribution in [3.05, 3.63) is 250 Å². The summed E-state index contributed by atoms with van der Waals surface area (Å²) in [4.78, 5) is 0. The molecule has 546 valence electrons. The van der Waals surface area contributed by atoms with Crippen molar-refractivity contribution in [1.82, 2.24) is 4.57 Å². The third-order valence-corrected chi connectivity index (χ3v) is 30.3. The lowest BCUT2D eigenvalue weighted by molar-refractivity contribution is -0.665. The largest absolute Gasteiger partial charge is 0.338 e. The molecular formula is C97H121N5Si4+4. The number of fused-ring (bicyclic) bond motifs is 7. The highest BCUT2D eigenvalue weighted by Crippen LogP contribution is 2.39. The highest BCUT2D eigenvalue weighted by Gasteiger charge is 2.29. The van der Waals surface area contributed by atoms with Crippen molar-refractivity contribution in [2.24, 2.45) is 28.2 Å². The van der Waals surface area contributed by atoms with Gasteiger partial charge in [0.15, 0.2) is 23.7 Å². The molecule has 5 heterocycles. The molecule has 9 heteroatoms. The second-order valence-electron chi connectivity index (χ2n) is 34.6. The van der Waals surface area contributed by atoms with Crippen molar-refractivity contribution in [2.75, 3.05) is 0 Å². The molecule has 0 amide bonds. The SMILES string of the molecule is Cc1cc2c3ccccc3n(C(C)C)c2cc1-c1c2ccc([Si](C)(C)C)cc2cc(C)[n+]1C.[2H]c1cc([2H])c(C)c(-c2c3ccc([Si](C)(C)C)cc3cc(C)[n+]2C)c1.[2H]c1cc2cc([Si](C)(C)C)ccc2c(-c2cc(C([2H])(C)C([2H])([2H])[2H])cc(C)c2C)[n+]1C.[2H]c1cc2cc([Si](C)(C)C)ccc2c(-c2cc(C)cc(C)c2C)[n+]1C. The van der Waals surface area contributed by atoms with Crippen LogP contribution in [0.15, 0.2) is 194 Å². The Bertz CT molecular complexity index is 6020. The van der Waals surface area contributed by atoms with Gasteiger partial charge in [0.05, 0.1) is 78.8 Å². The fourth-order valence-electron chi connectivity index (χ4n) is 15.2. The number of nitrogens with zero attached hydrogens (tertiary/aromatic N) is 5. The molecule has 106 heavy (non-hydrogen) atoms. The molecule has 0 bridgehead atoms. The minimum atomic E-state index is -2.44. The predicted molar refractivity (Wildman–Crippen MR) is 474 cm³/mol. The molecular weight excluding hydrogens is 1350 g/mol. The molecule has 0 aliphatic carbocycles. The lowest BCUT2D eigenvalue weighted by atomic mass is 9.91. The van der Waals surface area contributed by atoms with Crippen LogP contribution in [0, 0.1) is 62.3 Å². The van der Waals surface area contributed by atoms with Gasteiger partial charge < -0.3 is 4.57 Å². The number of hydrogen-bond acceptors (Lipinski definition) is 0. The van der Waals surface area contributed by atoms with Crippen LogP contribution in [0.25, 0.3) is 110 Å². The first-order valence-corrected chi connectivity index (χ1v) is 51.9. The van der Waals surface area contributed by atoms with Gasteiger partial charge in [0, 0.05) is 71.5 Å². The Hall–Kier alpha value is -8.71. The van der Waals surface area contributed by atoms with Crippen LogP contribution in [0.5, 0.6) is 0 Å². The van der Waals surface area contributed by atoms with Gasteiger partial charge in [0.1, 0.15) is 30.9 Å². The molecule has 0 spiro atoms. The second-order valence-corrected chi connectivity index (χ2v) is 54.9. The van der Waals surface area contributed by atoms with E-state index in [0.717, 1.165) is 55.7 Å². The van der Waals surface area contributed by atoms with Gasteiger partial charge in [-0.15, -0.1) is 0 Å². The van der Waals surface area contributed by atoms with Gasteiger partial charge in [-0.05, 0) is 189 Å². The Morgan fingerprint density at radius 1 is 0.368 bits per heavy atom. The third kappa shape index (κ3) is 15.8. The van der Waals surface area contributed by atoms with E-state index in [2.05, 4.69) is 295 Å². The molecule has 14 aromatic rings. The number of para-hydroxylation sites is 1. The number of aromatic nitrogens is 5. The Kier molecular flexibility index (Phi) is 19.3. The summed E-state index contributed by atoms with van der Waals surface area (Å²) in [6, 6.07) is 62.3. The minimum absolute atomic E-state index is 0.388. The molecule has 1 unspecified atom stereocenters. The molecule has 0 saturated heterocycles. The number of aryl methyl sites for hydroxylation is 6. The summed E-state index contributed by atoms with van der Waals surface area (Å²) >= 11 is 0. The van der Waals surface area contributed by atoms with Crippen LogP contribution in [-0.4, -0.2) is 36.9 Å². The van der Waals surface area contributed by atoms with E-state index < -0.39 is 45.0 Å². The smallest absolute Gasteiger partial charge is 0.220 e. The predicted octanol–water partition coefficient (Wildman–Crippen LogP) is 22.1. The molecule has 0 saturated carbocycles. The molecule has 0 aliphatic heterocycles. The first-order chi connectivity index (χ1) is 52.8. The summed E-state index contributed by atoms with van der Waals surface area (Å²) in [5.74, 6) is -1.72. The van der Waals surface area contributed by atoms with Crippen LogP contribution in [0.1, 0.15) is 106 Å². The Morgan fingerprint density at radius 2 is 0.802 bits per heavy atom. The van der Waals surface area contributed by atoms with E-state index in [1.807, 2.05) is 74.3 Å². The van der Waals surface area contributed by atoms with Gasteiger partial charge in [0.25, 0.3) is 0 Å². The van der Waals surface area contributed by atoms with Gasteiger partial charge in [-0.1, -0.05) is 216 Å². The molecule has 0 radical (unpaired) electrons. The molecule has 5 aromatic heterocycles. The normalized spacial score (nSPS) is 13.9. The zero-order valence-corrected chi connectivity index (χ0v) is 73.0. The van der Waals surface area contributed by atoms with Crippen LogP contribution < -0.4 is 39.0 Å². The average molecular weight is 1480 g/mol. The number of hydrogen-bond donors (Lipinski definition) is 0. The average Bonchev–Trinajstić information content (AvgIpc) is 1.43. The lowest BCUT2D eigenvalue weighted by Gasteiger charge is -2.18. The second kappa shape index (κ2) is 30.1. The van der Waals surface area contributed by atoms with Crippen molar-refractivity contribution >= 4 is 118 Å². The van der Waals surface area contributed by atoms with Crippen molar-refractivity contribution < 1.29 is 29.2 Å². The van der Waals surface area contributed by atoms with E-state index >= 15 is 0 Å². The van der Waals surface area contributed by atoms with Crippen LogP contribution >= 0.6 is 0 Å². The minimum Gasteiger partial charge on any atom is -0.338 e. The van der Waals surface area contributed by atoms with Gasteiger partial charge in [0.2, 0.25) is 22.8 Å². The monoisotopic (exact) mass is 1480 g/mol. The third-order valence-electron chi connectivity index (χ3n) is 22.2. The number of benzene rings is 9. The number of pyridine rings is 4. The molecule has 1 atom stereocenters. The lowest BCUT2D eigenvalue weighted by Crippen LogP contribution is -2.38. The molecule has 9 aromatic carbocycles. The zero-order chi connectivity index (χ0) is 84.2. The van der Waals surface area contributed by atoms with Crippen molar-refractivity contribution in [2.45, 2.75) is 180 Å². The van der Waals surface area contributed by atoms with E-state index in [4.69, 9.17) is 11.0 Å². The van der Waals surface area contributed by atoms with E-state index in [9.17, 15) is 0 Å². The first-order valence-electron chi connectivity index (χ1n) is 41.9. The molecule has 0 aliphatic rings. The van der Waals surface area contributed by atoms with Gasteiger partial charge in [-0.25, -0.2) is 9.13 Å². The summed E-state index contributed by atoms with van der Waals surface area (Å²) < 4.78 is 76.4. The van der Waals surface area contributed by atoms with Crippen LogP contribution in [-0.2, 0) is 28.2 Å². The standard InChI is InChI=1S/C30H35N2Si.C24H32NSi.C22H28NSi.C21H26NSi/c1-19(2)32-28-12-10-9-11-25(28)27-15-20(3)26(18-29(27)32)30-24-14-13-23(33(6,7)8)17-22(24)16-21(4)31(30)5;1-16(2)20-13-17(3)18(4)23(15-20)24-22-10-9-21(26(6,7)8)14-19(22)11-12-25(24)5;1-15-12-16(2)17(3)21(13-15)22-20-9-8-19(24(5,6)7)14-18(20)10-11-23(22)4;1-15-9-7-8-10-19(15)21-20-12-11-18(23(4,5)6)14-17(20)13-16(2)22(21)3/h9-19H,1-8H3;9-16H,1-8H3;8-14H,1-7H3;7-14H,1-6H3/q4*+1/i;1D3,12D,16D;11D;8D,9D. The highest BCUT2D eigenvalue weighted by molar-refractivity contribution is 6.90. The van der Waals surface area contributed by atoms with Crippen LogP contribution in [0.4, 0.5) is 0 Å². The molecule has 0 fully saturated rings. The summed E-state index contributed by atoms with van der Waals surface area (Å²) in [5, 5.41) is 18.0. The summed E-state index contributed by atoms with van der Waals surface area (Å²) in [5.41, 5.74) is 22.5. The Balaban J connectivity index is 0.000000151. The molecule has 14 rings (SSSR count). The van der Waals surface area contributed by atoms with Gasteiger partial charge >= 0.3 is 0 Å². The highest BCUT2D eigenvalue weighted by atomic mass is 28.3. The quantitative estimate of drug-likeness (QED) is 0.0961. The maximum atomic E-state index is 8.60. The fraction of sp³-hybridized carbons (Fsp3) is 0.320. The maximum absolute atomic E-state index is 8.60. The van der Waals surface area contributed by atoms with Gasteiger partial charge in [-0.2, -0.15) is 9.13 Å². The van der Waals surface area contributed by atoms with E-state index in [1.54, 1.807) is 6.07 Å².